The Hall–Kier alpha value is -1.56. The smallest absolute Gasteiger partial charge is 0.317 e. The maximum atomic E-state index is 12.2. The largest absolute Gasteiger partial charge is 0.341 e. The predicted octanol–water partition coefficient (Wildman–Crippen LogP) is 1.94. The molecule has 22 heavy (non-hydrogen) atoms. The number of carbonyl (C=O) groups is 2. The molecule has 1 aliphatic carbocycles. The molecule has 2 heterocycles. The summed E-state index contributed by atoms with van der Waals surface area (Å²) in [6.45, 7) is 3.51. The van der Waals surface area contributed by atoms with Crippen molar-refractivity contribution in [2.45, 2.75) is 25.7 Å². The molecule has 5 nitrogen and oxygen atoms in total. The number of carbonyl (C=O) groups excluding carboxylic acids is 2. The van der Waals surface area contributed by atoms with E-state index in [0.717, 1.165) is 38.8 Å². The van der Waals surface area contributed by atoms with Gasteiger partial charge in [-0.25, -0.2) is 4.79 Å². The molecule has 1 aromatic heterocycles. The minimum atomic E-state index is -0.00252. The van der Waals surface area contributed by atoms with Gasteiger partial charge >= 0.3 is 6.03 Å². The highest BCUT2D eigenvalue weighted by Gasteiger charge is 2.34. The number of nitrogens with zero attached hydrogens (tertiary/aromatic N) is 2. The highest BCUT2D eigenvalue weighted by Crippen LogP contribution is 2.31. The second-order valence-electron chi connectivity index (χ2n) is 6.00. The summed E-state index contributed by atoms with van der Waals surface area (Å²) in [5.41, 5.74) is 0. The van der Waals surface area contributed by atoms with E-state index < -0.39 is 0 Å². The number of hydrogen-bond acceptors (Lipinski definition) is 3. The SMILES string of the molecule is O=C(NCCc1cccs1)N1CCCN(C(=O)C2CC2)CC1. The van der Waals surface area contributed by atoms with Crippen LogP contribution in [-0.2, 0) is 11.2 Å². The topological polar surface area (TPSA) is 52.7 Å². The van der Waals surface area contributed by atoms with Crippen molar-refractivity contribution in [2.24, 2.45) is 5.92 Å². The van der Waals surface area contributed by atoms with Gasteiger partial charge < -0.3 is 15.1 Å². The number of thiophene rings is 1. The molecular formula is C16H23N3O2S. The molecule has 0 unspecified atom stereocenters. The van der Waals surface area contributed by atoms with Crippen LogP contribution >= 0.6 is 11.3 Å². The zero-order valence-corrected chi connectivity index (χ0v) is 13.6. The van der Waals surface area contributed by atoms with E-state index in [4.69, 9.17) is 0 Å². The van der Waals surface area contributed by atoms with E-state index in [0.29, 0.717) is 25.5 Å². The van der Waals surface area contributed by atoms with Crippen LogP contribution in [-0.4, -0.2) is 54.5 Å². The fourth-order valence-corrected chi connectivity index (χ4v) is 3.50. The van der Waals surface area contributed by atoms with Gasteiger partial charge in [0.2, 0.25) is 5.91 Å². The molecular weight excluding hydrogens is 298 g/mol. The third-order valence-corrected chi connectivity index (χ3v) is 5.19. The molecule has 1 saturated carbocycles. The highest BCUT2D eigenvalue weighted by molar-refractivity contribution is 7.09. The van der Waals surface area contributed by atoms with E-state index in [2.05, 4.69) is 16.8 Å². The first-order valence-corrected chi connectivity index (χ1v) is 8.96. The highest BCUT2D eigenvalue weighted by atomic mass is 32.1. The van der Waals surface area contributed by atoms with Gasteiger partial charge in [-0.2, -0.15) is 0 Å². The van der Waals surface area contributed by atoms with Crippen LogP contribution in [0.3, 0.4) is 0 Å². The fourth-order valence-electron chi connectivity index (χ4n) is 2.79. The van der Waals surface area contributed by atoms with Crippen molar-refractivity contribution in [3.05, 3.63) is 22.4 Å². The van der Waals surface area contributed by atoms with Crippen molar-refractivity contribution < 1.29 is 9.59 Å². The van der Waals surface area contributed by atoms with E-state index >= 15 is 0 Å². The number of nitrogens with one attached hydrogen (secondary N) is 1. The van der Waals surface area contributed by atoms with E-state index in [9.17, 15) is 9.59 Å². The van der Waals surface area contributed by atoms with Crippen molar-refractivity contribution in [3.63, 3.8) is 0 Å². The molecule has 6 heteroatoms. The summed E-state index contributed by atoms with van der Waals surface area (Å²) in [7, 11) is 0. The van der Waals surface area contributed by atoms with Crippen LogP contribution in [0.15, 0.2) is 17.5 Å². The summed E-state index contributed by atoms with van der Waals surface area (Å²) in [4.78, 5) is 29.4. The quantitative estimate of drug-likeness (QED) is 0.921. The summed E-state index contributed by atoms with van der Waals surface area (Å²) in [5, 5.41) is 5.04. The van der Waals surface area contributed by atoms with Crippen LogP contribution in [0, 0.1) is 5.92 Å². The lowest BCUT2D eigenvalue weighted by Gasteiger charge is -2.22. The lowest BCUT2D eigenvalue weighted by molar-refractivity contribution is -0.132. The Balaban J connectivity index is 1.41. The lowest BCUT2D eigenvalue weighted by atomic mass is 10.3. The van der Waals surface area contributed by atoms with E-state index in [-0.39, 0.29) is 11.9 Å². The van der Waals surface area contributed by atoms with Crippen LogP contribution in [0.25, 0.3) is 0 Å². The molecule has 2 fully saturated rings. The monoisotopic (exact) mass is 321 g/mol. The van der Waals surface area contributed by atoms with Crippen LogP contribution in [0.4, 0.5) is 4.79 Å². The first kappa shape index (κ1) is 15.3. The van der Waals surface area contributed by atoms with Crippen molar-refractivity contribution >= 4 is 23.3 Å². The molecule has 2 aliphatic rings. The molecule has 1 N–H and O–H groups in total. The van der Waals surface area contributed by atoms with Gasteiger partial charge in [-0.3, -0.25) is 4.79 Å². The molecule has 3 amide bonds. The van der Waals surface area contributed by atoms with Crippen LogP contribution < -0.4 is 5.32 Å². The first-order valence-electron chi connectivity index (χ1n) is 8.08. The third-order valence-electron chi connectivity index (χ3n) is 4.25. The molecule has 0 radical (unpaired) electrons. The Morgan fingerprint density at radius 3 is 2.68 bits per heavy atom. The molecule has 1 aromatic rings. The minimum Gasteiger partial charge on any atom is -0.341 e. The van der Waals surface area contributed by atoms with E-state index in [1.807, 2.05) is 15.9 Å². The Labute approximate surface area is 135 Å². The summed E-state index contributed by atoms with van der Waals surface area (Å²) < 4.78 is 0. The van der Waals surface area contributed by atoms with Gasteiger partial charge in [-0.15, -0.1) is 11.3 Å². The number of urea groups is 1. The predicted molar refractivity (Wildman–Crippen MR) is 86.9 cm³/mol. The summed E-state index contributed by atoms with van der Waals surface area (Å²) >= 11 is 1.72. The zero-order chi connectivity index (χ0) is 15.4. The molecule has 1 aliphatic heterocycles. The summed E-state index contributed by atoms with van der Waals surface area (Å²) in [6.07, 6.45) is 3.84. The standard InChI is InChI=1S/C16H23N3O2S/c20-15(13-4-5-13)18-8-2-9-19(11-10-18)16(21)17-7-6-14-3-1-12-22-14/h1,3,12-13H,2,4-11H2,(H,17,21). The average Bonchev–Trinajstić information content (AvgIpc) is 3.29. The molecule has 0 atom stereocenters. The zero-order valence-electron chi connectivity index (χ0n) is 12.8. The Kier molecular flexibility index (Phi) is 4.97. The third kappa shape index (κ3) is 4.00. The fraction of sp³-hybridized carbons (Fsp3) is 0.625. The Morgan fingerprint density at radius 2 is 1.95 bits per heavy atom. The molecule has 0 aromatic carbocycles. The lowest BCUT2D eigenvalue weighted by Crippen LogP contribution is -2.43. The van der Waals surface area contributed by atoms with Crippen molar-refractivity contribution in [1.82, 2.24) is 15.1 Å². The van der Waals surface area contributed by atoms with Crippen molar-refractivity contribution in [1.29, 1.82) is 0 Å². The molecule has 1 saturated heterocycles. The Bertz CT molecular complexity index is 513. The molecule has 0 bridgehead atoms. The van der Waals surface area contributed by atoms with Gasteiger partial charge in [0.1, 0.15) is 0 Å². The van der Waals surface area contributed by atoms with Gasteiger partial charge in [-0.05, 0) is 37.1 Å². The number of hydrogen-bond donors (Lipinski definition) is 1. The summed E-state index contributed by atoms with van der Waals surface area (Å²) in [6, 6.07) is 4.11. The van der Waals surface area contributed by atoms with Crippen molar-refractivity contribution in [3.8, 4) is 0 Å². The second kappa shape index (κ2) is 7.13. The summed E-state index contributed by atoms with van der Waals surface area (Å²) in [5.74, 6) is 0.561. The van der Waals surface area contributed by atoms with Crippen molar-refractivity contribution in [2.75, 3.05) is 32.7 Å². The van der Waals surface area contributed by atoms with Crippen LogP contribution in [0.5, 0.6) is 0 Å². The number of amides is 3. The normalized spacial score (nSPS) is 18.9. The van der Waals surface area contributed by atoms with Gasteiger partial charge in [0.05, 0.1) is 0 Å². The maximum Gasteiger partial charge on any atom is 0.317 e. The first-order chi connectivity index (χ1) is 10.7. The Morgan fingerprint density at radius 1 is 1.18 bits per heavy atom. The van der Waals surface area contributed by atoms with E-state index in [1.54, 1.807) is 11.3 Å². The number of rotatable bonds is 4. The van der Waals surface area contributed by atoms with Gasteiger partial charge in [0.25, 0.3) is 0 Å². The maximum absolute atomic E-state index is 12.2. The van der Waals surface area contributed by atoms with Crippen LogP contribution in [0.1, 0.15) is 24.1 Å². The molecule has 3 rings (SSSR count). The van der Waals surface area contributed by atoms with Crippen LogP contribution in [0.2, 0.25) is 0 Å². The average molecular weight is 321 g/mol. The second-order valence-corrected chi connectivity index (χ2v) is 7.03. The molecule has 0 spiro atoms. The van der Waals surface area contributed by atoms with Gasteiger partial charge in [0, 0.05) is 43.5 Å². The van der Waals surface area contributed by atoms with E-state index in [1.165, 1.54) is 4.88 Å². The van der Waals surface area contributed by atoms with Gasteiger partial charge in [0.15, 0.2) is 0 Å². The minimum absolute atomic E-state index is 0.00252. The van der Waals surface area contributed by atoms with Gasteiger partial charge in [-0.1, -0.05) is 6.07 Å². The molecule has 120 valence electrons.